The van der Waals surface area contributed by atoms with Gasteiger partial charge >= 0.3 is 0 Å². The first kappa shape index (κ1) is 15.5. The number of benzene rings is 1. The summed E-state index contributed by atoms with van der Waals surface area (Å²) >= 11 is 0. The smallest absolute Gasteiger partial charge is 0.137 e. The maximum Gasteiger partial charge on any atom is 0.137 e. The highest BCUT2D eigenvalue weighted by atomic mass is 16.5. The van der Waals surface area contributed by atoms with Crippen LogP contribution in [0.3, 0.4) is 0 Å². The van der Waals surface area contributed by atoms with Gasteiger partial charge in [-0.1, -0.05) is 25.1 Å². The van der Waals surface area contributed by atoms with Gasteiger partial charge in [0.2, 0.25) is 0 Å². The monoisotopic (exact) mass is 285 g/mol. The van der Waals surface area contributed by atoms with Crippen LogP contribution in [0.4, 0.5) is 0 Å². The Bertz CT molecular complexity index is 598. The van der Waals surface area contributed by atoms with E-state index in [1.807, 2.05) is 12.3 Å². The molecule has 21 heavy (non-hydrogen) atoms. The number of hydrogen-bond acceptors (Lipinski definition) is 4. The van der Waals surface area contributed by atoms with Gasteiger partial charge in [-0.15, -0.1) is 0 Å². The van der Waals surface area contributed by atoms with Gasteiger partial charge in [-0.25, -0.2) is 5.43 Å². The summed E-state index contributed by atoms with van der Waals surface area (Å²) in [4.78, 5) is 4.25. The highest BCUT2D eigenvalue weighted by Gasteiger charge is 2.14. The summed E-state index contributed by atoms with van der Waals surface area (Å²) < 4.78 is 5.64. The molecule has 0 aliphatic rings. The van der Waals surface area contributed by atoms with Crippen molar-refractivity contribution in [2.75, 3.05) is 6.61 Å². The number of aromatic nitrogens is 1. The molecule has 0 saturated heterocycles. The van der Waals surface area contributed by atoms with Crippen molar-refractivity contribution in [3.8, 4) is 5.75 Å². The van der Waals surface area contributed by atoms with E-state index in [2.05, 4.69) is 49.4 Å². The van der Waals surface area contributed by atoms with Crippen LogP contribution in [-0.2, 0) is 0 Å². The highest BCUT2D eigenvalue weighted by molar-refractivity contribution is 5.38. The molecule has 0 bridgehead atoms. The van der Waals surface area contributed by atoms with E-state index >= 15 is 0 Å². The molecule has 0 saturated carbocycles. The predicted octanol–water partition coefficient (Wildman–Crippen LogP) is 3.04. The van der Waals surface area contributed by atoms with E-state index in [0.29, 0.717) is 6.61 Å². The fourth-order valence-electron chi connectivity index (χ4n) is 2.22. The number of nitrogens with two attached hydrogens (primary N) is 1. The molecule has 3 N–H and O–H groups in total. The number of aryl methyl sites for hydroxylation is 2. The number of nitrogens with one attached hydrogen (secondary N) is 1. The summed E-state index contributed by atoms with van der Waals surface area (Å²) in [6, 6.07) is 8.25. The van der Waals surface area contributed by atoms with Crippen LogP contribution in [0.2, 0.25) is 0 Å². The van der Waals surface area contributed by atoms with Gasteiger partial charge in [0, 0.05) is 6.20 Å². The van der Waals surface area contributed by atoms with E-state index < -0.39 is 0 Å². The molecule has 1 unspecified atom stereocenters. The summed E-state index contributed by atoms with van der Waals surface area (Å²) in [6.45, 7) is 6.97. The number of nitrogens with zero attached hydrogens (tertiary/aromatic N) is 1. The van der Waals surface area contributed by atoms with Crippen molar-refractivity contribution in [1.82, 2.24) is 10.4 Å². The van der Waals surface area contributed by atoms with Gasteiger partial charge in [0.1, 0.15) is 5.75 Å². The van der Waals surface area contributed by atoms with Crippen LogP contribution in [0.1, 0.15) is 41.6 Å². The molecule has 2 rings (SSSR count). The minimum Gasteiger partial charge on any atom is -0.492 e. The molecule has 4 nitrogen and oxygen atoms in total. The summed E-state index contributed by atoms with van der Waals surface area (Å²) in [5.41, 5.74) is 7.50. The second-order valence-electron chi connectivity index (χ2n) is 5.25. The molecule has 0 aliphatic carbocycles. The van der Waals surface area contributed by atoms with Gasteiger partial charge in [0.15, 0.2) is 0 Å². The molecule has 1 heterocycles. The van der Waals surface area contributed by atoms with Crippen molar-refractivity contribution >= 4 is 0 Å². The third-order valence-electron chi connectivity index (χ3n) is 3.57. The molecule has 0 amide bonds. The Labute approximate surface area is 126 Å². The van der Waals surface area contributed by atoms with Gasteiger partial charge < -0.3 is 4.74 Å². The first-order valence-corrected chi connectivity index (χ1v) is 7.26. The largest absolute Gasteiger partial charge is 0.492 e. The van der Waals surface area contributed by atoms with Gasteiger partial charge in [-0.3, -0.25) is 10.8 Å². The molecule has 4 heteroatoms. The van der Waals surface area contributed by atoms with E-state index in [9.17, 15) is 0 Å². The molecule has 112 valence electrons. The topological polar surface area (TPSA) is 60.2 Å². The highest BCUT2D eigenvalue weighted by Crippen LogP contribution is 2.25. The Kier molecular flexibility index (Phi) is 5.31. The van der Waals surface area contributed by atoms with Crippen molar-refractivity contribution in [2.45, 2.75) is 33.2 Å². The van der Waals surface area contributed by atoms with Crippen LogP contribution in [0, 0.1) is 13.8 Å². The molecule has 1 aromatic heterocycles. The van der Waals surface area contributed by atoms with Crippen molar-refractivity contribution in [2.24, 2.45) is 5.84 Å². The Morgan fingerprint density at radius 3 is 2.62 bits per heavy atom. The van der Waals surface area contributed by atoms with E-state index in [1.165, 1.54) is 11.1 Å². The fraction of sp³-hybridized carbons (Fsp3) is 0.353. The number of pyridine rings is 1. The van der Waals surface area contributed by atoms with E-state index in [1.54, 1.807) is 6.20 Å². The van der Waals surface area contributed by atoms with Crippen LogP contribution in [-0.4, -0.2) is 11.6 Å². The Morgan fingerprint density at radius 2 is 1.95 bits per heavy atom. The zero-order valence-corrected chi connectivity index (χ0v) is 12.9. The molecule has 0 aliphatic heterocycles. The molecular weight excluding hydrogens is 262 g/mol. The van der Waals surface area contributed by atoms with Crippen molar-refractivity contribution in [3.05, 3.63) is 58.9 Å². The molecular formula is C17H23N3O. The van der Waals surface area contributed by atoms with Crippen molar-refractivity contribution in [3.63, 3.8) is 0 Å². The minimum absolute atomic E-state index is 0.0954. The molecule has 1 aromatic carbocycles. The van der Waals surface area contributed by atoms with E-state index in [4.69, 9.17) is 10.6 Å². The van der Waals surface area contributed by atoms with Crippen LogP contribution < -0.4 is 16.0 Å². The van der Waals surface area contributed by atoms with Crippen molar-refractivity contribution < 1.29 is 4.74 Å². The first-order chi connectivity index (χ1) is 10.2. The van der Waals surface area contributed by atoms with Crippen LogP contribution in [0.15, 0.2) is 36.7 Å². The molecule has 0 radical (unpaired) electrons. The molecule has 0 fully saturated rings. The Morgan fingerprint density at radius 1 is 1.14 bits per heavy atom. The standard InChI is InChI=1S/C17H23N3O/c1-4-7-21-16-9-15(10-19-11-16)17(20-18)14-6-5-12(2)13(3)8-14/h5-6,8-11,17,20H,4,7,18H2,1-3H3. The summed E-state index contributed by atoms with van der Waals surface area (Å²) in [5.74, 6) is 6.53. The third-order valence-corrected chi connectivity index (χ3v) is 3.57. The average Bonchev–Trinajstić information content (AvgIpc) is 2.50. The van der Waals surface area contributed by atoms with Gasteiger partial charge in [-0.2, -0.15) is 0 Å². The Hall–Kier alpha value is -1.91. The van der Waals surface area contributed by atoms with Crippen LogP contribution in [0.25, 0.3) is 0 Å². The normalized spacial score (nSPS) is 12.2. The van der Waals surface area contributed by atoms with Gasteiger partial charge in [0.25, 0.3) is 0 Å². The predicted molar refractivity (Wildman–Crippen MR) is 85.1 cm³/mol. The van der Waals surface area contributed by atoms with Gasteiger partial charge in [0.05, 0.1) is 18.8 Å². The third kappa shape index (κ3) is 3.80. The first-order valence-electron chi connectivity index (χ1n) is 7.26. The molecule has 2 aromatic rings. The maximum absolute atomic E-state index is 5.76. The van der Waals surface area contributed by atoms with Crippen LogP contribution >= 0.6 is 0 Å². The van der Waals surface area contributed by atoms with Crippen LogP contribution in [0.5, 0.6) is 5.75 Å². The van der Waals surface area contributed by atoms with E-state index in [-0.39, 0.29) is 6.04 Å². The second-order valence-corrected chi connectivity index (χ2v) is 5.25. The number of hydrogen-bond donors (Lipinski definition) is 2. The van der Waals surface area contributed by atoms with Crippen molar-refractivity contribution in [1.29, 1.82) is 0 Å². The zero-order chi connectivity index (χ0) is 15.2. The lowest BCUT2D eigenvalue weighted by Crippen LogP contribution is -2.29. The maximum atomic E-state index is 5.76. The zero-order valence-electron chi connectivity index (χ0n) is 12.9. The van der Waals surface area contributed by atoms with E-state index in [0.717, 1.165) is 23.3 Å². The number of rotatable bonds is 6. The number of hydrazine groups is 1. The lowest BCUT2D eigenvalue weighted by molar-refractivity contribution is 0.315. The quantitative estimate of drug-likeness (QED) is 0.632. The second kappa shape index (κ2) is 7.20. The molecule has 0 spiro atoms. The Balaban J connectivity index is 2.30. The lowest BCUT2D eigenvalue weighted by Gasteiger charge is -2.18. The summed E-state index contributed by atoms with van der Waals surface area (Å²) in [7, 11) is 0. The lowest BCUT2D eigenvalue weighted by atomic mass is 9.97. The summed E-state index contributed by atoms with van der Waals surface area (Å²) in [5, 5.41) is 0. The average molecular weight is 285 g/mol. The fourth-order valence-corrected chi connectivity index (χ4v) is 2.22. The summed E-state index contributed by atoms with van der Waals surface area (Å²) in [6.07, 6.45) is 4.52. The van der Waals surface area contributed by atoms with Gasteiger partial charge in [-0.05, 0) is 48.6 Å². The molecule has 1 atom stereocenters. The minimum atomic E-state index is -0.0954. The number of ether oxygens (including phenoxy) is 1. The SMILES string of the molecule is CCCOc1cncc(C(NN)c2ccc(C)c(C)c2)c1.